The van der Waals surface area contributed by atoms with Crippen LogP contribution in [0.2, 0.25) is 0 Å². The molecule has 1 heterocycles. The second-order valence-electron chi connectivity index (χ2n) is 4.05. The first-order valence-corrected chi connectivity index (χ1v) is 5.53. The molecule has 1 aromatic rings. The molecule has 1 atom stereocenters. The van der Waals surface area contributed by atoms with E-state index in [4.69, 9.17) is 9.47 Å². The van der Waals surface area contributed by atoms with Gasteiger partial charge in [0.25, 0.3) is 0 Å². The number of rotatable bonds is 3. The molecule has 5 heteroatoms. The monoisotopic (exact) mass is 241 g/mol. The van der Waals surface area contributed by atoms with E-state index >= 15 is 0 Å². The molecular formula is C12H16FNO3. The van der Waals surface area contributed by atoms with E-state index in [9.17, 15) is 9.50 Å². The Kier molecular flexibility index (Phi) is 3.38. The highest BCUT2D eigenvalue weighted by atomic mass is 19.1. The molecule has 1 saturated heterocycles. The lowest BCUT2D eigenvalue weighted by molar-refractivity contribution is 0.323. The van der Waals surface area contributed by atoms with Crippen molar-refractivity contribution >= 4 is 0 Å². The average Bonchev–Trinajstić information content (AvgIpc) is 2.85. The van der Waals surface area contributed by atoms with Gasteiger partial charge in [-0.3, -0.25) is 0 Å². The van der Waals surface area contributed by atoms with Crippen LogP contribution < -0.4 is 14.8 Å². The van der Waals surface area contributed by atoms with Crippen molar-refractivity contribution < 1.29 is 19.0 Å². The molecule has 0 bridgehead atoms. The van der Waals surface area contributed by atoms with Crippen LogP contribution in [0.25, 0.3) is 0 Å². The summed E-state index contributed by atoms with van der Waals surface area (Å²) in [5.74, 6) is -0.723. The molecule has 1 unspecified atom stereocenters. The summed E-state index contributed by atoms with van der Waals surface area (Å²) >= 11 is 0. The molecule has 0 aromatic heterocycles. The van der Waals surface area contributed by atoms with Gasteiger partial charge in [0.1, 0.15) is 0 Å². The van der Waals surface area contributed by atoms with Gasteiger partial charge in [-0.05, 0) is 19.0 Å². The maximum Gasteiger partial charge on any atom is 0.210 e. The lowest BCUT2D eigenvalue weighted by atomic mass is 9.96. The molecule has 1 aromatic carbocycles. The number of hydrogen-bond donors (Lipinski definition) is 2. The summed E-state index contributed by atoms with van der Waals surface area (Å²) < 4.78 is 23.9. The molecule has 94 valence electrons. The van der Waals surface area contributed by atoms with E-state index in [1.54, 1.807) is 6.07 Å². The van der Waals surface area contributed by atoms with Gasteiger partial charge in [0, 0.05) is 18.0 Å². The molecule has 2 N–H and O–H groups in total. The van der Waals surface area contributed by atoms with E-state index in [1.165, 1.54) is 14.2 Å². The third-order valence-electron chi connectivity index (χ3n) is 3.12. The Morgan fingerprint density at radius 2 is 2.18 bits per heavy atom. The first-order chi connectivity index (χ1) is 8.19. The molecule has 17 heavy (non-hydrogen) atoms. The lowest BCUT2D eigenvalue weighted by Gasteiger charge is -2.16. The predicted molar refractivity (Wildman–Crippen MR) is 61.4 cm³/mol. The number of phenols is 1. The predicted octanol–water partition coefficient (Wildman–Crippen LogP) is 1.63. The van der Waals surface area contributed by atoms with Gasteiger partial charge in [0.2, 0.25) is 11.6 Å². The summed E-state index contributed by atoms with van der Waals surface area (Å²) in [7, 11) is 2.79. The standard InChI is InChI=1S/C12H16FNO3/c1-16-9-5-8(7-3-4-14-6-7)11(15)10(13)12(9)17-2/h5,7,14-15H,3-4,6H2,1-2H3. The Morgan fingerprint density at radius 3 is 2.71 bits per heavy atom. The molecule has 0 amide bonds. The van der Waals surface area contributed by atoms with Gasteiger partial charge in [-0.1, -0.05) is 0 Å². The number of benzene rings is 1. The molecule has 1 aliphatic heterocycles. The maximum atomic E-state index is 13.9. The average molecular weight is 241 g/mol. The van der Waals surface area contributed by atoms with Crippen LogP contribution in [0.1, 0.15) is 17.9 Å². The number of halogens is 1. The van der Waals surface area contributed by atoms with Gasteiger partial charge in [-0.25, -0.2) is 0 Å². The Hall–Kier alpha value is -1.49. The lowest BCUT2D eigenvalue weighted by Crippen LogP contribution is -2.09. The van der Waals surface area contributed by atoms with Crippen LogP contribution in [-0.4, -0.2) is 32.4 Å². The van der Waals surface area contributed by atoms with E-state index in [0.717, 1.165) is 19.5 Å². The zero-order valence-corrected chi connectivity index (χ0v) is 9.92. The van der Waals surface area contributed by atoms with Crippen LogP contribution in [0.5, 0.6) is 17.2 Å². The summed E-state index contributed by atoms with van der Waals surface area (Å²) in [6.45, 7) is 1.61. The number of aromatic hydroxyl groups is 1. The molecule has 0 spiro atoms. The van der Waals surface area contributed by atoms with E-state index in [-0.39, 0.29) is 17.4 Å². The minimum absolute atomic E-state index is 0.0558. The topological polar surface area (TPSA) is 50.7 Å². The molecule has 0 saturated carbocycles. The van der Waals surface area contributed by atoms with Crippen LogP contribution in [0.15, 0.2) is 6.07 Å². The van der Waals surface area contributed by atoms with Crippen molar-refractivity contribution in [3.05, 3.63) is 17.4 Å². The summed E-state index contributed by atoms with van der Waals surface area (Å²) in [5, 5.41) is 13.0. The number of nitrogens with one attached hydrogen (secondary N) is 1. The van der Waals surface area contributed by atoms with Crippen LogP contribution in [0, 0.1) is 5.82 Å². The molecule has 1 fully saturated rings. The van der Waals surface area contributed by atoms with Crippen molar-refractivity contribution in [3.8, 4) is 17.2 Å². The first kappa shape index (κ1) is 12.0. The summed E-state index contributed by atoms with van der Waals surface area (Å²) in [6.07, 6.45) is 0.877. The molecular weight excluding hydrogens is 225 g/mol. The van der Waals surface area contributed by atoms with E-state index in [0.29, 0.717) is 11.3 Å². The van der Waals surface area contributed by atoms with Crippen molar-refractivity contribution in [1.82, 2.24) is 5.32 Å². The zero-order valence-electron chi connectivity index (χ0n) is 9.92. The van der Waals surface area contributed by atoms with Crippen molar-refractivity contribution in [2.75, 3.05) is 27.3 Å². The second-order valence-corrected chi connectivity index (χ2v) is 4.05. The van der Waals surface area contributed by atoms with Gasteiger partial charge in [0.15, 0.2) is 11.5 Å². The SMILES string of the molecule is COc1cc(C2CCNC2)c(O)c(F)c1OC. The largest absolute Gasteiger partial charge is 0.505 e. The third-order valence-corrected chi connectivity index (χ3v) is 3.12. The van der Waals surface area contributed by atoms with Crippen LogP contribution in [0.4, 0.5) is 4.39 Å². The summed E-state index contributed by atoms with van der Waals surface area (Å²) in [4.78, 5) is 0. The van der Waals surface area contributed by atoms with E-state index in [1.807, 2.05) is 0 Å². The van der Waals surface area contributed by atoms with Crippen molar-refractivity contribution in [2.45, 2.75) is 12.3 Å². The van der Waals surface area contributed by atoms with Gasteiger partial charge in [-0.2, -0.15) is 4.39 Å². The van der Waals surface area contributed by atoms with Crippen molar-refractivity contribution in [3.63, 3.8) is 0 Å². The minimum atomic E-state index is -0.756. The summed E-state index contributed by atoms with van der Waals surface area (Å²) in [6, 6.07) is 1.65. The Morgan fingerprint density at radius 1 is 1.41 bits per heavy atom. The fourth-order valence-electron chi connectivity index (χ4n) is 2.19. The van der Waals surface area contributed by atoms with Gasteiger partial charge < -0.3 is 19.9 Å². The first-order valence-electron chi connectivity index (χ1n) is 5.53. The quantitative estimate of drug-likeness (QED) is 0.844. The van der Waals surface area contributed by atoms with E-state index < -0.39 is 5.82 Å². The summed E-state index contributed by atoms with van der Waals surface area (Å²) in [5.41, 5.74) is 0.574. The number of methoxy groups -OCH3 is 2. The zero-order chi connectivity index (χ0) is 12.4. The van der Waals surface area contributed by atoms with Crippen LogP contribution in [-0.2, 0) is 0 Å². The smallest absolute Gasteiger partial charge is 0.210 e. The fraction of sp³-hybridized carbons (Fsp3) is 0.500. The molecule has 1 aliphatic rings. The minimum Gasteiger partial charge on any atom is -0.505 e. The number of ether oxygens (including phenoxy) is 2. The Labute approximate surface area is 99.4 Å². The van der Waals surface area contributed by atoms with Crippen molar-refractivity contribution in [1.29, 1.82) is 0 Å². The number of hydrogen-bond acceptors (Lipinski definition) is 4. The Bertz CT molecular complexity index is 417. The van der Waals surface area contributed by atoms with E-state index in [2.05, 4.69) is 5.32 Å². The van der Waals surface area contributed by atoms with Crippen LogP contribution >= 0.6 is 0 Å². The maximum absolute atomic E-state index is 13.9. The number of phenolic OH excluding ortho intramolecular Hbond substituents is 1. The van der Waals surface area contributed by atoms with Crippen molar-refractivity contribution in [2.24, 2.45) is 0 Å². The Balaban J connectivity index is 2.49. The van der Waals surface area contributed by atoms with Gasteiger partial charge >= 0.3 is 0 Å². The fourth-order valence-corrected chi connectivity index (χ4v) is 2.19. The second kappa shape index (κ2) is 4.79. The highest BCUT2D eigenvalue weighted by Gasteiger charge is 2.26. The normalized spacial score (nSPS) is 19.4. The molecule has 2 rings (SSSR count). The molecule has 0 radical (unpaired) electrons. The van der Waals surface area contributed by atoms with Gasteiger partial charge in [-0.15, -0.1) is 0 Å². The third kappa shape index (κ3) is 2.02. The molecule has 4 nitrogen and oxygen atoms in total. The molecule has 0 aliphatic carbocycles. The highest BCUT2D eigenvalue weighted by molar-refractivity contribution is 5.53. The van der Waals surface area contributed by atoms with Gasteiger partial charge in [0.05, 0.1) is 14.2 Å². The highest BCUT2D eigenvalue weighted by Crippen LogP contribution is 2.42. The van der Waals surface area contributed by atoms with Crippen LogP contribution in [0.3, 0.4) is 0 Å².